The highest BCUT2D eigenvalue weighted by atomic mass is 16.3. The van der Waals surface area contributed by atoms with Crippen LogP contribution in [0.3, 0.4) is 0 Å². The van der Waals surface area contributed by atoms with Gasteiger partial charge >= 0.3 is 0 Å². The summed E-state index contributed by atoms with van der Waals surface area (Å²) in [5.41, 5.74) is 0.702. The molecule has 16 heavy (non-hydrogen) atoms. The molecule has 0 aliphatic carbocycles. The quantitative estimate of drug-likeness (QED) is 0.777. The minimum absolute atomic E-state index is 0.259. The van der Waals surface area contributed by atoms with Gasteiger partial charge in [0, 0.05) is 18.9 Å². The summed E-state index contributed by atoms with van der Waals surface area (Å²) in [5.74, 6) is 0.698. The SMILES string of the molecule is CCC(O)CCNc1nccn2cnnc12. The van der Waals surface area contributed by atoms with Crippen LogP contribution in [-0.4, -0.2) is 37.3 Å². The number of nitrogens with one attached hydrogen (secondary N) is 1. The lowest BCUT2D eigenvalue weighted by Crippen LogP contribution is -2.13. The number of aliphatic hydroxyl groups is 1. The largest absolute Gasteiger partial charge is 0.393 e. The fraction of sp³-hybridized carbons (Fsp3) is 0.500. The Morgan fingerprint density at radius 2 is 2.44 bits per heavy atom. The molecule has 0 aromatic carbocycles. The molecule has 0 saturated heterocycles. The van der Waals surface area contributed by atoms with Gasteiger partial charge in [0.05, 0.1) is 6.10 Å². The van der Waals surface area contributed by atoms with E-state index in [1.165, 1.54) is 0 Å². The fourth-order valence-electron chi connectivity index (χ4n) is 1.44. The average Bonchev–Trinajstić information content (AvgIpc) is 2.77. The third-order valence-corrected chi connectivity index (χ3v) is 2.46. The smallest absolute Gasteiger partial charge is 0.203 e. The maximum absolute atomic E-state index is 9.42. The van der Waals surface area contributed by atoms with Crippen molar-refractivity contribution < 1.29 is 5.11 Å². The van der Waals surface area contributed by atoms with Gasteiger partial charge in [0.2, 0.25) is 5.65 Å². The third-order valence-electron chi connectivity index (χ3n) is 2.46. The van der Waals surface area contributed by atoms with Crippen molar-refractivity contribution in [3.63, 3.8) is 0 Å². The van der Waals surface area contributed by atoms with Crippen LogP contribution in [0.5, 0.6) is 0 Å². The van der Waals surface area contributed by atoms with Crippen molar-refractivity contribution in [2.75, 3.05) is 11.9 Å². The highest BCUT2D eigenvalue weighted by Gasteiger charge is 2.05. The Hall–Kier alpha value is -1.69. The van der Waals surface area contributed by atoms with Crippen LogP contribution in [0.15, 0.2) is 18.7 Å². The molecule has 1 unspecified atom stereocenters. The molecule has 1 atom stereocenters. The Balaban J connectivity index is 2.01. The molecule has 0 aliphatic rings. The van der Waals surface area contributed by atoms with Crippen LogP contribution in [0.1, 0.15) is 19.8 Å². The molecule has 2 heterocycles. The molecular formula is C10H15N5O. The van der Waals surface area contributed by atoms with Gasteiger partial charge in [-0.1, -0.05) is 6.92 Å². The van der Waals surface area contributed by atoms with Crippen LogP contribution in [0, 0.1) is 0 Å². The van der Waals surface area contributed by atoms with Crippen molar-refractivity contribution in [1.29, 1.82) is 0 Å². The predicted octanol–water partition coefficient (Wildman–Crippen LogP) is 0.697. The summed E-state index contributed by atoms with van der Waals surface area (Å²) in [6.07, 6.45) is 6.32. The van der Waals surface area contributed by atoms with Gasteiger partial charge in [-0.05, 0) is 12.8 Å². The molecule has 0 amide bonds. The maximum Gasteiger partial charge on any atom is 0.203 e. The first-order valence-corrected chi connectivity index (χ1v) is 5.37. The summed E-state index contributed by atoms with van der Waals surface area (Å²) in [6, 6.07) is 0. The molecule has 2 aromatic heterocycles. The van der Waals surface area contributed by atoms with Gasteiger partial charge in [-0.3, -0.25) is 4.40 Å². The molecule has 2 N–H and O–H groups in total. The number of aliphatic hydroxyl groups excluding tert-OH is 1. The van der Waals surface area contributed by atoms with Gasteiger partial charge in [-0.2, -0.15) is 0 Å². The molecule has 0 spiro atoms. The van der Waals surface area contributed by atoms with Crippen molar-refractivity contribution in [2.24, 2.45) is 0 Å². The van der Waals surface area contributed by atoms with Crippen LogP contribution < -0.4 is 5.32 Å². The van der Waals surface area contributed by atoms with Gasteiger partial charge in [-0.15, -0.1) is 10.2 Å². The number of fused-ring (bicyclic) bond motifs is 1. The van der Waals surface area contributed by atoms with Gasteiger partial charge in [0.25, 0.3) is 0 Å². The third kappa shape index (κ3) is 2.27. The van der Waals surface area contributed by atoms with E-state index in [0.717, 1.165) is 6.42 Å². The van der Waals surface area contributed by atoms with E-state index in [9.17, 15) is 5.11 Å². The number of nitrogens with zero attached hydrogens (tertiary/aromatic N) is 4. The maximum atomic E-state index is 9.42. The number of hydrogen-bond acceptors (Lipinski definition) is 5. The first-order chi connectivity index (χ1) is 7.81. The molecule has 6 nitrogen and oxygen atoms in total. The molecule has 86 valence electrons. The zero-order chi connectivity index (χ0) is 11.4. The van der Waals surface area contributed by atoms with E-state index in [2.05, 4.69) is 20.5 Å². The number of aromatic nitrogens is 4. The molecule has 2 aromatic rings. The van der Waals surface area contributed by atoms with E-state index in [1.54, 1.807) is 23.1 Å². The van der Waals surface area contributed by atoms with E-state index in [1.807, 2.05) is 6.92 Å². The Kier molecular flexibility index (Phi) is 3.31. The zero-order valence-electron chi connectivity index (χ0n) is 9.17. The van der Waals surface area contributed by atoms with Crippen LogP contribution in [0.2, 0.25) is 0 Å². The van der Waals surface area contributed by atoms with Crippen LogP contribution in [0.4, 0.5) is 5.82 Å². The van der Waals surface area contributed by atoms with Crippen molar-refractivity contribution >= 4 is 11.5 Å². The Bertz CT molecular complexity index is 455. The van der Waals surface area contributed by atoms with Crippen LogP contribution in [-0.2, 0) is 0 Å². The standard InChI is InChI=1S/C10H15N5O/c1-2-8(16)3-4-11-9-10-14-13-7-15(10)6-5-12-9/h5-8,16H,2-4H2,1H3,(H,11,12). The molecular weight excluding hydrogens is 206 g/mol. The molecule has 2 rings (SSSR count). The normalized spacial score (nSPS) is 12.9. The van der Waals surface area contributed by atoms with Crippen LogP contribution in [0.25, 0.3) is 5.65 Å². The first kappa shape index (κ1) is 10.8. The van der Waals surface area contributed by atoms with Gasteiger partial charge in [-0.25, -0.2) is 4.98 Å². The lowest BCUT2D eigenvalue weighted by Gasteiger charge is -2.09. The van der Waals surface area contributed by atoms with Gasteiger partial charge in [0.1, 0.15) is 6.33 Å². The van der Waals surface area contributed by atoms with E-state index in [4.69, 9.17) is 0 Å². The Morgan fingerprint density at radius 3 is 3.25 bits per heavy atom. The number of rotatable bonds is 5. The highest BCUT2D eigenvalue weighted by Crippen LogP contribution is 2.09. The fourth-order valence-corrected chi connectivity index (χ4v) is 1.44. The lowest BCUT2D eigenvalue weighted by atomic mass is 10.2. The second-order valence-electron chi connectivity index (χ2n) is 3.62. The summed E-state index contributed by atoms with van der Waals surface area (Å²) in [7, 11) is 0. The summed E-state index contributed by atoms with van der Waals surface area (Å²) in [6.45, 7) is 2.64. The van der Waals surface area contributed by atoms with E-state index in [-0.39, 0.29) is 6.10 Å². The second kappa shape index (κ2) is 4.89. The van der Waals surface area contributed by atoms with E-state index < -0.39 is 0 Å². The van der Waals surface area contributed by atoms with Crippen molar-refractivity contribution in [3.05, 3.63) is 18.7 Å². The average molecular weight is 221 g/mol. The molecule has 0 radical (unpaired) electrons. The first-order valence-electron chi connectivity index (χ1n) is 5.37. The summed E-state index contributed by atoms with van der Waals surface area (Å²) < 4.78 is 1.80. The molecule has 0 bridgehead atoms. The minimum Gasteiger partial charge on any atom is -0.393 e. The number of anilines is 1. The highest BCUT2D eigenvalue weighted by molar-refractivity contribution is 5.61. The topological polar surface area (TPSA) is 75.3 Å². The van der Waals surface area contributed by atoms with Crippen LogP contribution >= 0.6 is 0 Å². The molecule has 6 heteroatoms. The van der Waals surface area contributed by atoms with E-state index >= 15 is 0 Å². The van der Waals surface area contributed by atoms with Gasteiger partial charge < -0.3 is 10.4 Å². The minimum atomic E-state index is -0.259. The van der Waals surface area contributed by atoms with Crippen molar-refractivity contribution in [1.82, 2.24) is 19.6 Å². The summed E-state index contributed by atoms with van der Waals surface area (Å²) in [5, 5.41) is 20.3. The Labute approximate surface area is 93.3 Å². The molecule has 0 fully saturated rings. The summed E-state index contributed by atoms with van der Waals surface area (Å²) in [4.78, 5) is 4.19. The monoisotopic (exact) mass is 221 g/mol. The Morgan fingerprint density at radius 1 is 1.56 bits per heavy atom. The van der Waals surface area contributed by atoms with E-state index in [0.29, 0.717) is 24.4 Å². The lowest BCUT2D eigenvalue weighted by molar-refractivity contribution is 0.164. The predicted molar refractivity (Wildman–Crippen MR) is 60.2 cm³/mol. The van der Waals surface area contributed by atoms with Crippen molar-refractivity contribution in [2.45, 2.75) is 25.9 Å². The molecule has 0 aliphatic heterocycles. The zero-order valence-corrected chi connectivity index (χ0v) is 9.17. The summed E-state index contributed by atoms with van der Waals surface area (Å²) >= 11 is 0. The van der Waals surface area contributed by atoms with Crippen molar-refractivity contribution in [3.8, 4) is 0 Å². The second-order valence-corrected chi connectivity index (χ2v) is 3.62. The molecule has 0 saturated carbocycles. The number of hydrogen-bond donors (Lipinski definition) is 2. The van der Waals surface area contributed by atoms with Gasteiger partial charge in [0.15, 0.2) is 5.82 Å².